The Hall–Kier alpha value is -4.96. The number of nitrogens with one attached hydrogen (secondary N) is 1. The summed E-state index contributed by atoms with van der Waals surface area (Å²) in [4.78, 5) is 16.9. The van der Waals surface area contributed by atoms with Crippen LogP contribution in [0.25, 0.3) is 5.82 Å². The Kier molecular flexibility index (Phi) is 6.05. The van der Waals surface area contributed by atoms with Gasteiger partial charge >= 0.3 is 0 Å². The molecule has 0 aliphatic carbocycles. The van der Waals surface area contributed by atoms with E-state index in [1.807, 2.05) is 85.8 Å². The molecule has 0 radical (unpaired) electrons. The number of ether oxygens (including phenoxy) is 1. The molecule has 9 nitrogen and oxygen atoms in total. The summed E-state index contributed by atoms with van der Waals surface area (Å²) in [5, 5.41) is 19.6. The molecule has 5 aromatic rings. The average molecular weight is 606 g/mol. The van der Waals surface area contributed by atoms with Gasteiger partial charge in [0.2, 0.25) is 0 Å². The molecule has 0 fully saturated rings. The van der Waals surface area contributed by atoms with Crippen molar-refractivity contribution in [3.63, 3.8) is 0 Å². The van der Waals surface area contributed by atoms with Gasteiger partial charge < -0.3 is 20.1 Å². The van der Waals surface area contributed by atoms with Gasteiger partial charge in [0.05, 0.1) is 30.2 Å². The highest BCUT2D eigenvalue weighted by Crippen LogP contribution is 2.50. The molecule has 2 N–H and O–H groups in total. The number of phenols is 1. The third kappa shape index (κ3) is 4.23. The van der Waals surface area contributed by atoms with Crippen LogP contribution in [0, 0.1) is 6.92 Å². The summed E-state index contributed by atoms with van der Waals surface area (Å²) in [7, 11) is 1.64. The Bertz CT molecular complexity index is 1850. The topological polar surface area (TPSA) is 100 Å². The Morgan fingerprint density at radius 3 is 2.54 bits per heavy atom. The predicted molar refractivity (Wildman–Crippen MR) is 163 cm³/mol. The monoisotopic (exact) mass is 605 g/mol. The lowest BCUT2D eigenvalue weighted by molar-refractivity contribution is 0.415. The zero-order valence-corrected chi connectivity index (χ0v) is 23.7. The quantitative estimate of drug-likeness (QED) is 0.232. The third-order valence-electron chi connectivity index (χ3n) is 7.14. The number of rotatable bonds is 4. The number of methoxy groups -OCH3 is 1. The van der Waals surface area contributed by atoms with Crippen LogP contribution in [0.4, 0.5) is 22.9 Å². The maximum Gasteiger partial charge on any atom is 0.179 e. The van der Waals surface area contributed by atoms with Gasteiger partial charge in [-0.3, -0.25) is 0 Å². The normalized spacial score (nSPS) is 15.3. The van der Waals surface area contributed by atoms with Crippen LogP contribution in [-0.4, -0.2) is 38.7 Å². The molecule has 41 heavy (non-hydrogen) atoms. The van der Waals surface area contributed by atoms with E-state index >= 15 is 0 Å². The molecule has 2 aliphatic heterocycles. The van der Waals surface area contributed by atoms with Crippen molar-refractivity contribution in [1.29, 1.82) is 0 Å². The first kappa shape index (κ1) is 25.0. The fraction of sp³-hybridized carbons (Fsp3) is 0.0968. The number of aryl methyl sites for hydroxylation is 1. The second kappa shape index (κ2) is 9.90. The van der Waals surface area contributed by atoms with Crippen LogP contribution < -0.4 is 15.0 Å². The van der Waals surface area contributed by atoms with Crippen LogP contribution in [0.15, 0.2) is 106 Å². The highest BCUT2D eigenvalue weighted by molar-refractivity contribution is 9.10. The van der Waals surface area contributed by atoms with Gasteiger partial charge in [0.25, 0.3) is 0 Å². The molecule has 2 aromatic heterocycles. The fourth-order valence-electron chi connectivity index (χ4n) is 5.29. The second-order valence-electron chi connectivity index (χ2n) is 9.64. The van der Waals surface area contributed by atoms with Crippen molar-refractivity contribution in [2.24, 2.45) is 9.98 Å². The van der Waals surface area contributed by atoms with Crippen LogP contribution >= 0.6 is 15.9 Å². The summed E-state index contributed by atoms with van der Waals surface area (Å²) in [5.74, 6) is 3.34. The molecule has 0 saturated heterocycles. The van der Waals surface area contributed by atoms with Crippen molar-refractivity contribution in [2.45, 2.75) is 13.0 Å². The van der Waals surface area contributed by atoms with E-state index in [1.54, 1.807) is 24.1 Å². The number of fused-ring (bicyclic) bond motifs is 4. The number of aromatic hydroxyl groups is 1. The van der Waals surface area contributed by atoms with Crippen molar-refractivity contribution in [1.82, 2.24) is 14.8 Å². The van der Waals surface area contributed by atoms with Gasteiger partial charge in [0, 0.05) is 27.5 Å². The highest BCUT2D eigenvalue weighted by Gasteiger charge is 2.42. The van der Waals surface area contributed by atoms with Gasteiger partial charge in [-0.2, -0.15) is 9.78 Å². The molecule has 2 aliphatic rings. The van der Waals surface area contributed by atoms with Crippen LogP contribution in [0.5, 0.6) is 11.5 Å². The van der Waals surface area contributed by atoms with Crippen molar-refractivity contribution in [3.05, 3.63) is 112 Å². The molecule has 4 heterocycles. The number of hydrogen-bond acceptors (Lipinski definition) is 8. The number of halogens is 1. The molecule has 0 unspecified atom stereocenters. The number of amidine groups is 2. The van der Waals surface area contributed by atoms with E-state index in [2.05, 4.69) is 31.1 Å². The minimum atomic E-state index is -0.461. The number of anilines is 2. The molecular formula is C31H24BrN7O2. The minimum Gasteiger partial charge on any atom is -0.508 e. The first-order valence-electron chi connectivity index (χ1n) is 13.0. The smallest absolute Gasteiger partial charge is 0.179 e. The number of benzene rings is 3. The Balaban J connectivity index is 1.49. The third-order valence-corrected chi connectivity index (χ3v) is 7.63. The van der Waals surface area contributed by atoms with E-state index in [-0.39, 0.29) is 5.75 Å². The van der Waals surface area contributed by atoms with Crippen molar-refractivity contribution < 1.29 is 9.84 Å². The molecule has 1 atom stereocenters. The van der Waals surface area contributed by atoms with E-state index in [0.29, 0.717) is 28.9 Å². The number of hydrogen-bond donors (Lipinski definition) is 2. The summed E-state index contributed by atoms with van der Waals surface area (Å²) in [6.07, 6.45) is 1.73. The van der Waals surface area contributed by atoms with E-state index in [4.69, 9.17) is 19.8 Å². The summed E-state index contributed by atoms with van der Waals surface area (Å²) in [6, 6.07) is 26.2. The van der Waals surface area contributed by atoms with E-state index in [1.165, 1.54) is 0 Å². The van der Waals surface area contributed by atoms with Gasteiger partial charge in [0.15, 0.2) is 23.3 Å². The standard InChI is InChI=1S/C31H24BrN7O2/c1-18-27-28(22-17-19(32)10-15-25(22)40)38-24-8-4-3-7-23(24)35-29(34-20-11-13-21(41-2)14-12-20)31(38)36-30(27)39(37-18)26-9-5-6-16-33-26/h3-17,28,40H,1-2H3,(H,34,35)/t28-/m0/s1. The number of pyridine rings is 1. The second-order valence-corrected chi connectivity index (χ2v) is 10.6. The Morgan fingerprint density at radius 2 is 1.76 bits per heavy atom. The number of nitrogens with zero attached hydrogens (tertiary/aromatic N) is 6. The number of para-hydroxylation sites is 2. The number of aromatic nitrogens is 3. The van der Waals surface area contributed by atoms with Gasteiger partial charge in [-0.05, 0) is 73.7 Å². The molecule has 0 amide bonds. The van der Waals surface area contributed by atoms with Gasteiger partial charge in [0.1, 0.15) is 11.5 Å². The van der Waals surface area contributed by atoms with Crippen molar-refractivity contribution in [2.75, 3.05) is 17.3 Å². The lowest BCUT2D eigenvalue weighted by Gasteiger charge is -2.40. The fourth-order valence-corrected chi connectivity index (χ4v) is 5.66. The van der Waals surface area contributed by atoms with E-state index in [0.717, 1.165) is 38.5 Å². The minimum absolute atomic E-state index is 0.167. The molecule has 3 aromatic carbocycles. The zero-order chi connectivity index (χ0) is 28.1. The predicted octanol–water partition coefficient (Wildman–Crippen LogP) is 6.85. The zero-order valence-electron chi connectivity index (χ0n) is 22.2. The van der Waals surface area contributed by atoms with Gasteiger partial charge in [-0.1, -0.05) is 34.1 Å². The summed E-state index contributed by atoms with van der Waals surface area (Å²) in [5.41, 5.74) is 4.83. The molecule has 7 rings (SSSR count). The molecular weight excluding hydrogens is 582 g/mol. The first-order chi connectivity index (χ1) is 20.0. The first-order valence-corrected chi connectivity index (χ1v) is 13.8. The summed E-state index contributed by atoms with van der Waals surface area (Å²) in [6.45, 7) is 1.96. The lowest BCUT2D eigenvalue weighted by Crippen LogP contribution is -2.46. The molecule has 0 spiro atoms. The van der Waals surface area contributed by atoms with Gasteiger partial charge in [-0.15, -0.1) is 0 Å². The molecule has 202 valence electrons. The average Bonchev–Trinajstić information content (AvgIpc) is 3.34. The molecule has 10 heteroatoms. The number of aliphatic imine (C=N–C) groups is 2. The van der Waals surface area contributed by atoms with Crippen molar-refractivity contribution in [3.8, 4) is 17.3 Å². The number of phenolic OH excluding ortho intramolecular Hbond substituents is 1. The van der Waals surface area contributed by atoms with Crippen LogP contribution in [-0.2, 0) is 0 Å². The molecule has 0 saturated carbocycles. The highest BCUT2D eigenvalue weighted by atomic mass is 79.9. The van der Waals surface area contributed by atoms with Crippen LogP contribution in [0.1, 0.15) is 22.9 Å². The summed E-state index contributed by atoms with van der Waals surface area (Å²) < 4.78 is 7.94. The Morgan fingerprint density at radius 1 is 0.951 bits per heavy atom. The Labute approximate surface area is 244 Å². The molecule has 0 bridgehead atoms. The largest absolute Gasteiger partial charge is 0.508 e. The SMILES string of the molecule is COc1ccc(NC2=Nc3ccccc3N3C2=Nc2c(c(C)nn2-c2ccccn2)[C@@H]3c2cc(Br)ccc2O)cc1. The van der Waals surface area contributed by atoms with Crippen molar-refractivity contribution >= 4 is 50.5 Å². The van der Waals surface area contributed by atoms with Crippen LogP contribution in [0.2, 0.25) is 0 Å². The van der Waals surface area contributed by atoms with Gasteiger partial charge in [-0.25, -0.2) is 15.0 Å². The maximum absolute atomic E-state index is 11.2. The van der Waals surface area contributed by atoms with E-state index < -0.39 is 6.04 Å². The lowest BCUT2D eigenvalue weighted by atomic mass is 9.92. The maximum atomic E-state index is 11.2. The van der Waals surface area contributed by atoms with Crippen LogP contribution in [0.3, 0.4) is 0 Å². The van der Waals surface area contributed by atoms with E-state index in [9.17, 15) is 5.11 Å². The summed E-state index contributed by atoms with van der Waals surface area (Å²) >= 11 is 3.61.